The Kier molecular flexibility index (Phi) is 9.04. The second-order valence-electron chi connectivity index (χ2n) is 6.37. The lowest BCUT2D eigenvalue weighted by molar-refractivity contribution is 0.625. The molecule has 0 aliphatic carbocycles. The Labute approximate surface area is 187 Å². The average molecular weight is 508 g/mol. The Morgan fingerprint density at radius 2 is 2.00 bits per heavy atom. The van der Waals surface area contributed by atoms with Crippen LogP contribution in [0.2, 0.25) is 0 Å². The Balaban J connectivity index is 0.00000300. The van der Waals surface area contributed by atoms with E-state index in [9.17, 15) is 4.39 Å². The lowest BCUT2D eigenvalue weighted by Crippen LogP contribution is -2.38. The third-order valence-electron chi connectivity index (χ3n) is 4.24. The quantitative estimate of drug-likeness (QED) is 0.291. The maximum absolute atomic E-state index is 13.3. The molecule has 8 heteroatoms. The van der Waals surface area contributed by atoms with Crippen molar-refractivity contribution in [2.45, 2.75) is 26.8 Å². The number of nitrogens with one attached hydrogen (secondary N) is 2. The van der Waals surface area contributed by atoms with Gasteiger partial charge in [-0.05, 0) is 49.6 Å². The minimum Gasteiger partial charge on any atom is -0.357 e. The monoisotopic (exact) mass is 508 g/mol. The van der Waals surface area contributed by atoms with Gasteiger partial charge in [0.1, 0.15) is 17.5 Å². The van der Waals surface area contributed by atoms with Crippen LogP contribution in [0.5, 0.6) is 0 Å². The van der Waals surface area contributed by atoms with E-state index in [0.717, 1.165) is 41.7 Å². The Morgan fingerprint density at radius 3 is 2.66 bits per heavy atom. The van der Waals surface area contributed by atoms with Crippen molar-refractivity contribution in [3.05, 3.63) is 77.8 Å². The van der Waals surface area contributed by atoms with Crippen LogP contribution >= 0.6 is 24.0 Å². The summed E-state index contributed by atoms with van der Waals surface area (Å²) in [5.74, 6) is 2.26. The van der Waals surface area contributed by atoms with Gasteiger partial charge in [-0.1, -0.05) is 18.2 Å². The summed E-state index contributed by atoms with van der Waals surface area (Å²) in [5, 5.41) is 6.51. The molecule has 0 spiro atoms. The van der Waals surface area contributed by atoms with E-state index in [1.165, 1.54) is 6.07 Å². The van der Waals surface area contributed by atoms with E-state index in [1.54, 1.807) is 18.3 Å². The molecule has 2 heterocycles. The highest BCUT2D eigenvalue weighted by Gasteiger charge is 2.03. The summed E-state index contributed by atoms with van der Waals surface area (Å²) < 4.78 is 15.2. The Hall–Kier alpha value is -2.49. The number of hydrogen-bond donors (Lipinski definition) is 2. The van der Waals surface area contributed by atoms with Crippen molar-refractivity contribution in [3.8, 4) is 5.82 Å². The number of guanidine groups is 1. The zero-order valence-corrected chi connectivity index (χ0v) is 18.9. The fourth-order valence-electron chi connectivity index (χ4n) is 2.80. The molecule has 0 aliphatic rings. The normalized spacial score (nSPS) is 11.1. The standard InChI is InChI=1S/C21H25FN6.HI/c1-3-23-21(25-10-9-17-5-4-6-19(22)13-17)27-15-18-7-8-20(26-14-18)28-12-11-24-16(28)2;/h4-8,11-14H,3,9-10,15H2,1-2H3,(H2,23,25,27);1H. The smallest absolute Gasteiger partial charge is 0.191 e. The Morgan fingerprint density at radius 1 is 1.14 bits per heavy atom. The molecule has 0 amide bonds. The van der Waals surface area contributed by atoms with Crippen LogP contribution in [0.3, 0.4) is 0 Å². The molecule has 0 bridgehead atoms. The number of benzene rings is 1. The molecule has 0 saturated carbocycles. The predicted octanol–water partition coefficient (Wildman–Crippen LogP) is 3.63. The maximum atomic E-state index is 13.3. The largest absolute Gasteiger partial charge is 0.357 e. The lowest BCUT2D eigenvalue weighted by atomic mass is 10.1. The van der Waals surface area contributed by atoms with Crippen molar-refractivity contribution < 1.29 is 4.39 Å². The van der Waals surface area contributed by atoms with Gasteiger partial charge in [-0.3, -0.25) is 4.57 Å². The summed E-state index contributed by atoms with van der Waals surface area (Å²) in [6.45, 7) is 5.92. The van der Waals surface area contributed by atoms with Crippen LogP contribution in [0.4, 0.5) is 4.39 Å². The van der Waals surface area contributed by atoms with Crippen LogP contribution in [0.1, 0.15) is 23.9 Å². The van der Waals surface area contributed by atoms with Gasteiger partial charge in [-0.15, -0.1) is 24.0 Å². The fourth-order valence-corrected chi connectivity index (χ4v) is 2.80. The topological polar surface area (TPSA) is 67.1 Å². The minimum atomic E-state index is -0.208. The van der Waals surface area contributed by atoms with Gasteiger partial charge in [0.25, 0.3) is 0 Å². The van der Waals surface area contributed by atoms with Crippen LogP contribution in [-0.4, -0.2) is 33.6 Å². The summed E-state index contributed by atoms with van der Waals surface area (Å²) in [6.07, 6.45) is 6.20. The summed E-state index contributed by atoms with van der Waals surface area (Å²) in [6, 6.07) is 10.6. The highest BCUT2D eigenvalue weighted by molar-refractivity contribution is 14.0. The van der Waals surface area contributed by atoms with Crippen LogP contribution in [0.15, 0.2) is 60.0 Å². The van der Waals surface area contributed by atoms with Gasteiger partial charge >= 0.3 is 0 Å². The van der Waals surface area contributed by atoms with E-state index < -0.39 is 0 Å². The van der Waals surface area contributed by atoms with E-state index in [2.05, 4.69) is 25.6 Å². The number of imidazole rings is 1. The molecular weight excluding hydrogens is 482 g/mol. The van der Waals surface area contributed by atoms with Gasteiger partial charge < -0.3 is 10.6 Å². The zero-order valence-electron chi connectivity index (χ0n) is 16.6. The van der Waals surface area contributed by atoms with E-state index in [4.69, 9.17) is 0 Å². The van der Waals surface area contributed by atoms with E-state index >= 15 is 0 Å². The van der Waals surface area contributed by atoms with Crippen LogP contribution in [0.25, 0.3) is 5.82 Å². The van der Waals surface area contributed by atoms with E-state index in [0.29, 0.717) is 13.1 Å². The second-order valence-corrected chi connectivity index (χ2v) is 6.37. The number of halogens is 2. The predicted molar refractivity (Wildman–Crippen MR) is 124 cm³/mol. The molecule has 154 valence electrons. The van der Waals surface area contributed by atoms with E-state index in [1.807, 2.05) is 49.0 Å². The van der Waals surface area contributed by atoms with Gasteiger partial charge in [-0.25, -0.2) is 19.4 Å². The molecule has 0 radical (unpaired) electrons. The molecule has 0 atom stereocenters. The number of aromatic nitrogens is 3. The van der Waals surface area contributed by atoms with Crippen LogP contribution in [0, 0.1) is 12.7 Å². The molecule has 2 aromatic heterocycles. The number of aliphatic imine (C=N–C) groups is 1. The molecule has 0 saturated heterocycles. The third-order valence-corrected chi connectivity index (χ3v) is 4.24. The molecule has 6 nitrogen and oxygen atoms in total. The lowest BCUT2D eigenvalue weighted by Gasteiger charge is -2.11. The van der Waals surface area contributed by atoms with Crippen LogP contribution < -0.4 is 10.6 Å². The summed E-state index contributed by atoms with van der Waals surface area (Å²) in [4.78, 5) is 13.3. The number of aryl methyl sites for hydroxylation is 1. The Bertz CT molecular complexity index is 923. The molecule has 0 unspecified atom stereocenters. The summed E-state index contributed by atoms with van der Waals surface area (Å²) >= 11 is 0. The average Bonchev–Trinajstić information content (AvgIpc) is 3.12. The van der Waals surface area contributed by atoms with Crippen molar-refractivity contribution in [1.82, 2.24) is 25.2 Å². The number of pyridine rings is 1. The van der Waals surface area contributed by atoms with E-state index in [-0.39, 0.29) is 29.8 Å². The van der Waals surface area contributed by atoms with Crippen molar-refractivity contribution in [3.63, 3.8) is 0 Å². The first kappa shape index (κ1) is 22.8. The minimum absolute atomic E-state index is 0. The molecule has 1 aromatic carbocycles. The molecule has 3 rings (SSSR count). The molecule has 0 fully saturated rings. The first-order valence-electron chi connectivity index (χ1n) is 9.37. The first-order valence-corrected chi connectivity index (χ1v) is 9.37. The van der Waals surface area contributed by atoms with Crippen LogP contribution in [-0.2, 0) is 13.0 Å². The number of hydrogen-bond acceptors (Lipinski definition) is 3. The molecular formula is C21H26FIN6. The van der Waals surface area contributed by atoms with Gasteiger partial charge in [0.15, 0.2) is 5.96 Å². The van der Waals surface area contributed by atoms with Gasteiger partial charge in [-0.2, -0.15) is 0 Å². The molecule has 2 N–H and O–H groups in total. The highest BCUT2D eigenvalue weighted by atomic mass is 127. The zero-order chi connectivity index (χ0) is 19.8. The first-order chi connectivity index (χ1) is 13.7. The summed E-state index contributed by atoms with van der Waals surface area (Å²) in [7, 11) is 0. The van der Waals surface area contributed by atoms with Crippen molar-refractivity contribution in [2.24, 2.45) is 4.99 Å². The highest BCUT2D eigenvalue weighted by Crippen LogP contribution is 2.09. The van der Waals surface area contributed by atoms with Crippen molar-refractivity contribution in [1.29, 1.82) is 0 Å². The van der Waals surface area contributed by atoms with Gasteiger partial charge in [0.2, 0.25) is 0 Å². The SMILES string of the molecule is CCNC(=NCc1ccc(-n2ccnc2C)nc1)NCCc1cccc(F)c1.I. The fraction of sp³-hybridized carbons (Fsp3) is 0.286. The van der Waals surface area contributed by atoms with Crippen molar-refractivity contribution >= 4 is 29.9 Å². The molecule has 3 aromatic rings. The maximum Gasteiger partial charge on any atom is 0.191 e. The summed E-state index contributed by atoms with van der Waals surface area (Å²) in [5.41, 5.74) is 1.97. The molecule has 29 heavy (non-hydrogen) atoms. The number of rotatable bonds is 7. The van der Waals surface area contributed by atoms with Gasteiger partial charge in [0.05, 0.1) is 6.54 Å². The third kappa shape index (κ3) is 6.81. The van der Waals surface area contributed by atoms with Crippen molar-refractivity contribution in [2.75, 3.05) is 13.1 Å². The second kappa shape index (κ2) is 11.5. The van der Waals surface area contributed by atoms with Gasteiger partial charge in [0, 0.05) is 31.7 Å². The molecule has 0 aliphatic heterocycles. The number of nitrogens with zero attached hydrogens (tertiary/aromatic N) is 4.